The molecule has 1 atom stereocenters. The van der Waals surface area contributed by atoms with E-state index in [4.69, 9.17) is 5.11 Å². The summed E-state index contributed by atoms with van der Waals surface area (Å²) in [6, 6.07) is 8.06. The second-order valence-corrected chi connectivity index (χ2v) is 4.03. The first-order valence-corrected chi connectivity index (χ1v) is 5.64. The van der Waals surface area contributed by atoms with Gasteiger partial charge < -0.3 is 5.11 Å². The summed E-state index contributed by atoms with van der Waals surface area (Å²) in [5.74, 6) is -0.342. The van der Waals surface area contributed by atoms with E-state index in [1.807, 2.05) is 12.1 Å². The van der Waals surface area contributed by atoms with Gasteiger partial charge in [0.05, 0.1) is 0 Å². The van der Waals surface area contributed by atoms with Gasteiger partial charge in [0, 0.05) is 6.08 Å². The van der Waals surface area contributed by atoms with Gasteiger partial charge in [0.2, 0.25) is 0 Å². The Hall–Kier alpha value is -1.57. The van der Waals surface area contributed by atoms with E-state index in [0.717, 1.165) is 11.6 Å². The molecule has 0 aromatic heterocycles. The van der Waals surface area contributed by atoms with Crippen LogP contribution in [0.3, 0.4) is 0 Å². The molecular formula is C14H18O2. The van der Waals surface area contributed by atoms with Gasteiger partial charge >= 0.3 is 5.97 Å². The smallest absolute Gasteiger partial charge is 0.328 e. The minimum Gasteiger partial charge on any atom is -0.478 e. The van der Waals surface area contributed by atoms with Gasteiger partial charge in [0.25, 0.3) is 0 Å². The standard InChI is InChI=1S/C14H18O2/c1-3-4-11(2)13-8-5-12(6-9-13)7-10-14(15)16/h5-11H,3-4H2,1-2H3,(H,15,16). The third-order valence-corrected chi connectivity index (χ3v) is 2.65. The van der Waals surface area contributed by atoms with Crippen LogP contribution in [0.25, 0.3) is 6.08 Å². The summed E-state index contributed by atoms with van der Waals surface area (Å²) in [4.78, 5) is 10.3. The molecule has 1 aromatic rings. The normalized spacial score (nSPS) is 12.9. The largest absolute Gasteiger partial charge is 0.478 e. The molecule has 0 saturated heterocycles. The molecule has 1 aromatic carbocycles. The van der Waals surface area contributed by atoms with Crippen molar-refractivity contribution in [1.29, 1.82) is 0 Å². The van der Waals surface area contributed by atoms with Crippen LogP contribution < -0.4 is 0 Å². The molecular weight excluding hydrogens is 200 g/mol. The highest BCUT2D eigenvalue weighted by Crippen LogP contribution is 2.20. The monoisotopic (exact) mass is 218 g/mol. The van der Waals surface area contributed by atoms with Crippen molar-refractivity contribution in [3.63, 3.8) is 0 Å². The number of carboxylic acids is 1. The lowest BCUT2D eigenvalue weighted by Gasteiger charge is -2.10. The second kappa shape index (κ2) is 6.11. The molecule has 0 heterocycles. The summed E-state index contributed by atoms with van der Waals surface area (Å²) in [5.41, 5.74) is 2.24. The second-order valence-electron chi connectivity index (χ2n) is 4.03. The number of carboxylic acid groups (broad SMARTS) is 1. The van der Waals surface area contributed by atoms with Crippen molar-refractivity contribution in [2.24, 2.45) is 0 Å². The van der Waals surface area contributed by atoms with E-state index in [-0.39, 0.29) is 0 Å². The molecule has 1 rings (SSSR count). The van der Waals surface area contributed by atoms with E-state index in [0.29, 0.717) is 5.92 Å². The van der Waals surface area contributed by atoms with Crippen LogP contribution in [0, 0.1) is 0 Å². The van der Waals surface area contributed by atoms with Crippen LogP contribution in [0.1, 0.15) is 43.7 Å². The number of benzene rings is 1. The van der Waals surface area contributed by atoms with Crippen molar-refractivity contribution in [2.75, 3.05) is 0 Å². The van der Waals surface area contributed by atoms with Gasteiger partial charge in [0.1, 0.15) is 0 Å². The van der Waals surface area contributed by atoms with Crippen LogP contribution in [-0.2, 0) is 4.79 Å². The fourth-order valence-corrected chi connectivity index (χ4v) is 1.70. The van der Waals surface area contributed by atoms with E-state index in [9.17, 15) is 4.79 Å². The van der Waals surface area contributed by atoms with Crippen LogP contribution in [-0.4, -0.2) is 11.1 Å². The molecule has 0 radical (unpaired) electrons. The lowest BCUT2D eigenvalue weighted by Crippen LogP contribution is -1.92. The summed E-state index contributed by atoms with van der Waals surface area (Å²) < 4.78 is 0. The molecule has 86 valence electrons. The molecule has 0 saturated carbocycles. The van der Waals surface area contributed by atoms with Gasteiger partial charge in [0.15, 0.2) is 0 Å². The van der Waals surface area contributed by atoms with Gasteiger partial charge in [-0.3, -0.25) is 0 Å². The summed E-state index contributed by atoms with van der Waals surface area (Å²) in [6.07, 6.45) is 5.13. The average Bonchev–Trinajstić information content (AvgIpc) is 2.27. The van der Waals surface area contributed by atoms with Gasteiger partial charge in [-0.25, -0.2) is 4.79 Å². The molecule has 0 amide bonds. The first kappa shape index (κ1) is 12.5. The zero-order valence-corrected chi connectivity index (χ0v) is 9.81. The molecule has 0 bridgehead atoms. The van der Waals surface area contributed by atoms with Crippen LogP contribution in [0.2, 0.25) is 0 Å². The first-order chi connectivity index (χ1) is 7.63. The van der Waals surface area contributed by atoms with Crippen LogP contribution >= 0.6 is 0 Å². The lowest BCUT2D eigenvalue weighted by atomic mass is 9.96. The van der Waals surface area contributed by atoms with Gasteiger partial charge in [-0.1, -0.05) is 44.5 Å². The van der Waals surface area contributed by atoms with Crippen LogP contribution in [0.15, 0.2) is 30.3 Å². The number of carbonyl (C=O) groups is 1. The Balaban J connectivity index is 2.71. The summed E-state index contributed by atoms with van der Waals surface area (Å²) in [6.45, 7) is 4.39. The number of hydrogen-bond donors (Lipinski definition) is 1. The summed E-state index contributed by atoms with van der Waals surface area (Å²) in [7, 11) is 0. The molecule has 0 aliphatic rings. The molecule has 0 fully saturated rings. The van der Waals surface area contributed by atoms with Crippen molar-refractivity contribution in [2.45, 2.75) is 32.6 Å². The Bertz CT molecular complexity index is 363. The maximum Gasteiger partial charge on any atom is 0.328 e. The minimum absolute atomic E-state index is 0.572. The lowest BCUT2D eigenvalue weighted by molar-refractivity contribution is -0.131. The van der Waals surface area contributed by atoms with Crippen molar-refractivity contribution in [3.05, 3.63) is 41.5 Å². The minimum atomic E-state index is -0.913. The van der Waals surface area contributed by atoms with Crippen LogP contribution in [0.4, 0.5) is 0 Å². The third kappa shape index (κ3) is 3.89. The number of rotatable bonds is 5. The molecule has 1 N–H and O–H groups in total. The fourth-order valence-electron chi connectivity index (χ4n) is 1.70. The van der Waals surface area contributed by atoms with Gasteiger partial charge in [-0.05, 0) is 29.5 Å². The molecule has 2 heteroatoms. The molecule has 16 heavy (non-hydrogen) atoms. The highest BCUT2D eigenvalue weighted by Gasteiger charge is 2.03. The summed E-state index contributed by atoms with van der Waals surface area (Å²) in [5, 5.41) is 8.50. The van der Waals surface area contributed by atoms with E-state index >= 15 is 0 Å². The third-order valence-electron chi connectivity index (χ3n) is 2.65. The summed E-state index contributed by atoms with van der Waals surface area (Å²) >= 11 is 0. The van der Waals surface area contributed by atoms with E-state index in [1.54, 1.807) is 6.08 Å². The van der Waals surface area contributed by atoms with Gasteiger partial charge in [-0.15, -0.1) is 0 Å². The Morgan fingerprint density at radius 2 is 2.00 bits per heavy atom. The topological polar surface area (TPSA) is 37.3 Å². The number of hydrogen-bond acceptors (Lipinski definition) is 1. The van der Waals surface area contributed by atoms with Crippen molar-refractivity contribution in [3.8, 4) is 0 Å². The highest BCUT2D eigenvalue weighted by atomic mass is 16.4. The molecule has 1 unspecified atom stereocenters. The van der Waals surface area contributed by atoms with E-state index < -0.39 is 5.97 Å². The SMILES string of the molecule is CCCC(C)c1ccc(C=CC(=O)O)cc1. The van der Waals surface area contributed by atoms with Crippen molar-refractivity contribution >= 4 is 12.0 Å². The van der Waals surface area contributed by atoms with Crippen LogP contribution in [0.5, 0.6) is 0 Å². The van der Waals surface area contributed by atoms with Crippen molar-refractivity contribution in [1.82, 2.24) is 0 Å². The van der Waals surface area contributed by atoms with E-state index in [1.165, 1.54) is 18.4 Å². The first-order valence-electron chi connectivity index (χ1n) is 5.64. The Kier molecular flexibility index (Phi) is 4.77. The Morgan fingerprint density at radius 1 is 1.38 bits per heavy atom. The Labute approximate surface area is 96.6 Å². The predicted molar refractivity (Wildman–Crippen MR) is 66.4 cm³/mol. The van der Waals surface area contributed by atoms with E-state index in [2.05, 4.69) is 26.0 Å². The molecule has 0 aliphatic heterocycles. The highest BCUT2D eigenvalue weighted by molar-refractivity contribution is 5.85. The maximum absolute atomic E-state index is 10.3. The molecule has 0 aliphatic carbocycles. The number of aliphatic carboxylic acids is 1. The zero-order valence-electron chi connectivity index (χ0n) is 9.81. The van der Waals surface area contributed by atoms with Gasteiger partial charge in [-0.2, -0.15) is 0 Å². The average molecular weight is 218 g/mol. The quantitative estimate of drug-likeness (QED) is 0.765. The Morgan fingerprint density at radius 3 is 2.50 bits per heavy atom. The fraction of sp³-hybridized carbons (Fsp3) is 0.357. The molecule has 2 nitrogen and oxygen atoms in total. The predicted octanol–water partition coefficient (Wildman–Crippen LogP) is 3.69. The maximum atomic E-state index is 10.3. The molecule has 0 spiro atoms. The van der Waals surface area contributed by atoms with Crippen molar-refractivity contribution < 1.29 is 9.90 Å². The zero-order chi connectivity index (χ0) is 12.0.